The average Bonchev–Trinajstić information content (AvgIpc) is 2.74. The minimum atomic E-state index is -0.0797. The predicted octanol–water partition coefficient (Wildman–Crippen LogP) is 5.67. The fourth-order valence-corrected chi connectivity index (χ4v) is 3.58. The number of hydrogen-bond acceptors (Lipinski definition) is 3. The summed E-state index contributed by atoms with van der Waals surface area (Å²) in [4.78, 5) is 12.5. The highest BCUT2D eigenvalue weighted by Crippen LogP contribution is 2.25. The SMILES string of the molecule is Cc1cc(C)c(NC(=O)CNc2ccccc2OCCCc2ccccc2)c(C)c1. The summed E-state index contributed by atoms with van der Waals surface area (Å²) in [5, 5.41) is 6.23. The Morgan fingerprint density at radius 1 is 0.900 bits per heavy atom. The molecule has 3 rings (SSSR count). The van der Waals surface area contributed by atoms with E-state index in [1.54, 1.807) is 0 Å². The summed E-state index contributed by atoms with van der Waals surface area (Å²) >= 11 is 0. The molecule has 0 aliphatic rings. The number of rotatable bonds is 9. The first-order valence-electron chi connectivity index (χ1n) is 10.4. The Morgan fingerprint density at radius 2 is 1.57 bits per heavy atom. The molecule has 0 heterocycles. The first kappa shape index (κ1) is 21.4. The minimum Gasteiger partial charge on any atom is -0.491 e. The van der Waals surface area contributed by atoms with E-state index in [0.29, 0.717) is 6.61 Å². The lowest BCUT2D eigenvalue weighted by atomic mass is 10.1. The van der Waals surface area contributed by atoms with Crippen molar-refractivity contribution in [3.8, 4) is 5.75 Å². The molecule has 0 unspecified atom stereocenters. The third kappa shape index (κ3) is 6.11. The number of anilines is 2. The highest BCUT2D eigenvalue weighted by atomic mass is 16.5. The molecule has 0 saturated heterocycles. The zero-order valence-corrected chi connectivity index (χ0v) is 18.0. The maximum Gasteiger partial charge on any atom is 0.243 e. The molecule has 0 aromatic heterocycles. The van der Waals surface area contributed by atoms with Gasteiger partial charge in [-0.15, -0.1) is 0 Å². The molecular weight excluding hydrogens is 372 g/mol. The van der Waals surface area contributed by atoms with Crippen molar-refractivity contribution >= 4 is 17.3 Å². The van der Waals surface area contributed by atoms with E-state index in [4.69, 9.17) is 4.74 Å². The lowest BCUT2D eigenvalue weighted by Gasteiger charge is -2.15. The third-order valence-electron chi connectivity index (χ3n) is 4.98. The second kappa shape index (κ2) is 10.5. The van der Waals surface area contributed by atoms with E-state index in [2.05, 4.69) is 54.0 Å². The van der Waals surface area contributed by atoms with E-state index >= 15 is 0 Å². The van der Waals surface area contributed by atoms with E-state index in [0.717, 1.165) is 41.1 Å². The van der Waals surface area contributed by atoms with Gasteiger partial charge in [-0.2, -0.15) is 0 Å². The van der Waals surface area contributed by atoms with Crippen LogP contribution in [-0.4, -0.2) is 19.1 Å². The third-order valence-corrected chi connectivity index (χ3v) is 4.98. The molecule has 3 aromatic carbocycles. The van der Waals surface area contributed by atoms with Gasteiger partial charge in [-0.1, -0.05) is 60.2 Å². The Hall–Kier alpha value is -3.27. The van der Waals surface area contributed by atoms with Crippen LogP contribution in [0.4, 0.5) is 11.4 Å². The number of carbonyl (C=O) groups excluding carboxylic acids is 1. The predicted molar refractivity (Wildman–Crippen MR) is 124 cm³/mol. The van der Waals surface area contributed by atoms with Gasteiger partial charge in [0, 0.05) is 5.69 Å². The van der Waals surface area contributed by atoms with Crippen LogP contribution in [0.5, 0.6) is 5.75 Å². The monoisotopic (exact) mass is 402 g/mol. The molecule has 0 bridgehead atoms. The fraction of sp³-hybridized carbons (Fsp3) is 0.269. The summed E-state index contributed by atoms with van der Waals surface area (Å²) in [6.07, 6.45) is 1.92. The second-order valence-corrected chi connectivity index (χ2v) is 7.61. The largest absolute Gasteiger partial charge is 0.491 e. The number of carbonyl (C=O) groups is 1. The zero-order valence-electron chi connectivity index (χ0n) is 18.0. The van der Waals surface area contributed by atoms with Gasteiger partial charge in [0.15, 0.2) is 0 Å². The summed E-state index contributed by atoms with van der Waals surface area (Å²) in [5.74, 6) is 0.685. The Kier molecular flexibility index (Phi) is 7.50. The summed E-state index contributed by atoms with van der Waals surface area (Å²) in [6, 6.07) is 22.3. The molecule has 4 heteroatoms. The van der Waals surface area contributed by atoms with Crippen molar-refractivity contribution in [1.82, 2.24) is 0 Å². The van der Waals surface area contributed by atoms with Crippen LogP contribution in [0, 0.1) is 20.8 Å². The Bertz CT molecular complexity index is 960. The van der Waals surface area contributed by atoms with Gasteiger partial charge in [0.25, 0.3) is 0 Å². The fourth-order valence-electron chi connectivity index (χ4n) is 3.58. The molecule has 0 aliphatic carbocycles. The zero-order chi connectivity index (χ0) is 21.3. The Morgan fingerprint density at radius 3 is 2.30 bits per heavy atom. The normalized spacial score (nSPS) is 10.5. The molecule has 30 heavy (non-hydrogen) atoms. The van der Waals surface area contributed by atoms with Gasteiger partial charge in [-0.3, -0.25) is 4.79 Å². The quantitative estimate of drug-likeness (QED) is 0.453. The molecule has 1 amide bonds. The molecule has 4 nitrogen and oxygen atoms in total. The number of ether oxygens (including phenoxy) is 1. The van der Waals surface area contributed by atoms with Crippen LogP contribution in [0.15, 0.2) is 66.7 Å². The van der Waals surface area contributed by atoms with Gasteiger partial charge in [0.2, 0.25) is 5.91 Å². The lowest BCUT2D eigenvalue weighted by molar-refractivity contribution is -0.114. The molecular formula is C26H30N2O2. The number of benzene rings is 3. The first-order valence-corrected chi connectivity index (χ1v) is 10.4. The highest BCUT2D eigenvalue weighted by molar-refractivity contribution is 5.95. The maximum absolute atomic E-state index is 12.5. The molecule has 0 spiro atoms. The van der Waals surface area contributed by atoms with Crippen LogP contribution >= 0.6 is 0 Å². The molecule has 0 atom stereocenters. The minimum absolute atomic E-state index is 0.0797. The van der Waals surface area contributed by atoms with Gasteiger partial charge in [0.1, 0.15) is 5.75 Å². The van der Waals surface area contributed by atoms with Crippen molar-refractivity contribution in [2.24, 2.45) is 0 Å². The van der Waals surface area contributed by atoms with Crippen molar-refractivity contribution in [3.05, 3.63) is 89.0 Å². The topological polar surface area (TPSA) is 50.4 Å². The number of amides is 1. The van der Waals surface area contributed by atoms with E-state index < -0.39 is 0 Å². The van der Waals surface area contributed by atoms with Crippen LogP contribution in [0.2, 0.25) is 0 Å². The van der Waals surface area contributed by atoms with Gasteiger partial charge in [-0.05, 0) is 62.4 Å². The van der Waals surface area contributed by atoms with Crippen LogP contribution < -0.4 is 15.4 Å². The maximum atomic E-state index is 12.5. The molecule has 0 aliphatic heterocycles. The molecule has 2 N–H and O–H groups in total. The lowest BCUT2D eigenvalue weighted by Crippen LogP contribution is -2.23. The molecule has 0 fully saturated rings. The van der Waals surface area contributed by atoms with Gasteiger partial charge >= 0.3 is 0 Å². The van der Waals surface area contributed by atoms with E-state index in [9.17, 15) is 4.79 Å². The number of aryl methyl sites for hydroxylation is 4. The van der Waals surface area contributed by atoms with E-state index in [1.807, 2.05) is 44.2 Å². The average molecular weight is 403 g/mol. The standard InChI is InChI=1S/C26H30N2O2/c1-19-16-20(2)26(21(3)17-19)28-25(29)18-27-23-13-7-8-14-24(23)30-15-9-12-22-10-5-4-6-11-22/h4-8,10-11,13-14,16-17,27H,9,12,15,18H2,1-3H3,(H,28,29). The Balaban J connectivity index is 1.51. The summed E-state index contributed by atoms with van der Waals surface area (Å²) in [5.41, 5.74) is 6.36. The van der Waals surface area contributed by atoms with Crippen LogP contribution in [0.25, 0.3) is 0 Å². The summed E-state index contributed by atoms with van der Waals surface area (Å²) < 4.78 is 5.97. The van der Waals surface area contributed by atoms with Crippen LogP contribution in [0.3, 0.4) is 0 Å². The van der Waals surface area contributed by atoms with E-state index in [1.165, 1.54) is 11.1 Å². The smallest absolute Gasteiger partial charge is 0.243 e. The summed E-state index contributed by atoms with van der Waals surface area (Å²) in [6.45, 7) is 6.89. The number of para-hydroxylation sites is 2. The molecule has 156 valence electrons. The van der Waals surface area contributed by atoms with Gasteiger partial charge in [0.05, 0.1) is 18.8 Å². The van der Waals surface area contributed by atoms with Crippen molar-refractivity contribution in [3.63, 3.8) is 0 Å². The van der Waals surface area contributed by atoms with Crippen molar-refractivity contribution in [1.29, 1.82) is 0 Å². The highest BCUT2D eigenvalue weighted by Gasteiger charge is 2.10. The number of hydrogen-bond donors (Lipinski definition) is 2. The van der Waals surface area contributed by atoms with Crippen LogP contribution in [0.1, 0.15) is 28.7 Å². The second-order valence-electron chi connectivity index (χ2n) is 7.61. The van der Waals surface area contributed by atoms with E-state index in [-0.39, 0.29) is 12.5 Å². The molecule has 3 aromatic rings. The van der Waals surface area contributed by atoms with Crippen molar-refractivity contribution < 1.29 is 9.53 Å². The van der Waals surface area contributed by atoms with Gasteiger partial charge < -0.3 is 15.4 Å². The molecule has 0 saturated carbocycles. The molecule has 0 radical (unpaired) electrons. The van der Waals surface area contributed by atoms with Gasteiger partial charge in [-0.25, -0.2) is 0 Å². The van der Waals surface area contributed by atoms with Crippen LogP contribution in [-0.2, 0) is 11.2 Å². The number of nitrogens with one attached hydrogen (secondary N) is 2. The Labute approximate surface area is 179 Å². The summed E-state index contributed by atoms with van der Waals surface area (Å²) in [7, 11) is 0. The van der Waals surface area contributed by atoms with Crippen molar-refractivity contribution in [2.45, 2.75) is 33.6 Å². The van der Waals surface area contributed by atoms with Crippen molar-refractivity contribution in [2.75, 3.05) is 23.8 Å². The first-order chi connectivity index (χ1) is 14.5.